The average Bonchev–Trinajstić information content (AvgIpc) is 2.95. The van der Waals surface area contributed by atoms with Crippen LogP contribution >= 0.6 is 11.8 Å². The molecule has 5 nitrogen and oxygen atoms in total. The fourth-order valence-corrected chi connectivity index (χ4v) is 3.67. The molecule has 6 heteroatoms. The Morgan fingerprint density at radius 2 is 2.08 bits per heavy atom. The summed E-state index contributed by atoms with van der Waals surface area (Å²) >= 11 is 1.41. The van der Waals surface area contributed by atoms with Crippen molar-refractivity contribution in [3.8, 4) is 0 Å². The number of rotatable bonds is 6. The van der Waals surface area contributed by atoms with E-state index in [0.29, 0.717) is 24.4 Å². The first-order valence-corrected chi connectivity index (χ1v) is 9.34. The van der Waals surface area contributed by atoms with E-state index >= 15 is 0 Å². The molecule has 2 amide bonds. The van der Waals surface area contributed by atoms with Crippen LogP contribution in [0.2, 0.25) is 0 Å². The Morgan fingerprint density at radius 3 is 2.71 bits per heavy atom. The Hall–Kier alpha value is -1.53. The minimum atomic E-state index is -0.0193. The highest BCUT2D eigenvalue weighted by Crippen LogP contribution is 2.31. The fraction of sp³-hybridized carbons (Fsp3) is 0.556. The van der Waals surface area contributed by atoms with Gasteiger partial charge in [-0.05, 0) is 44.4 Å². The molecule has 1 aliphatic heterocycles. The largest absolute Gasteiger partial charge is 0.353 e. The van der Waals surface area contributed by atoms with Gasteiger partial charge in [-0.15, -0.1) is 11.8 Å². The number of likely N-dealkylation sites (tertiary alicyclic amines) is 1. The van der Waals surface area contributed by atoms with E-state index in [1.807, 2.05) is 43.0 Å². The molecule has 1 fully saturated rings. The van der Waals surface area contributed by atoms with E-state index in [-0.39, 0.29) is 23.3 Å². The average molecular weight is 350 g/mol. The van der Waals surface area contributed by atoms with E-state index in [1.165, 1.54) is 11.8 Å². The van der Waals surface area contributed by atoms with Crippen LogP contribution in [0.3, 0.4) is 0 Å². The van der Waals surface area contributed by atoms with Gasteiger partial charge >= 0.3 is 0 Å². The van der Waals surface area contributed by atoms with Gasteiger partial charge in [0.15, 0.2) is 0 Å². The van der Waals surface area contributed by atoms with Gasteiger partial charge in [-0.2, -0.15) is 0 Å². The maximum Gasteiger partial charge on any atom is 0.255 e. The standard InChI is InChI=1S/C18H27N3O2S/c1-13(2)20-16(22)10-24-15-7-5-4-6-14(15)17(23)21-9-8-18(3,11-19)12-21/h4-7,13H,8-12,19H2,1-3H3,(H,20,22). The minimum absolute atomic E-state index is 0.00883. The third kappa shape index (κ3) is 4.74. The molecule has 1 unspecified atom stereocenters. The van der Waals surface area contributed by atoms with Gasteiger partial charge in [0.25, 0.3) is 5.91 Å². The van der Waals surface area contributed by atoms with Crippen molar-refractivity contribution >= 4 is 23.6 Å². The molecule has 1 aromatic rings. The molecule has 1 saturated heterocycles. The number of amides is 2. The number of hydrogen-bond acceptors (Lipinski definition) is 4. The van der Waals surface area contributed by atoms with Crippen LogP contribution in [0, 0.1) is 5.41 Å². The van der Waals surface area contributed by atoms with Crippen LogP contribution in [0.5, 0.6) is 0 Å². The number of benzene rings is 1. The monoisotopic (exact) mass is 349 g/mol. The predicted octanol–water partition coefficient (Wildman–Crippen LogP) is 2.11. The number of carbonyl (C=O) groups excluding carboxylic acids is 2. The van der Waals surface area contributed by atoms with E-state index in [1.54, 1.807) is 0 Å². The molecule has 132 valence electrons. The maximum atomic E-state index is 12.9. The van der Waals surface area contributed by atoms with Crippen LogP contribution in [-0.4, -0.2) is 48.1 Å². The van der Waals surface area contributed by atoms with E-state index in [0.717, 1.165) is 17.9 Å². The quantitative estimate of drug-likeness (QED) is 0.772. The molecule has 1 heterocycles. The summed E-state index contributed by atoms with van der Waals surface area (Å²) < 4.78 is 0. The summed E-state index contributed by atoms with van der Waals surface area (Å²) in [6.07, 6.45) is 0.932. The van der Waals surface area contributed by atoms with Crippen LogP contribution in [-0.2, 0) is 4.79 Å². The predicted molar refractivity (Wildman–Crippen MR) is 98.1 cm³/mol. The van der Waals surface area contributed by atoms with E-state index in [9.17, 15) is 9.59 Å². The second-order valence-corrected chi connectivity index (χ2v) is 8.02. The molecular formula is C18H27N3O2S. The summed E-state index contributed by atoms with van der Waals surface area (Å²) in [5.74, 6) is 0.317. The second kappa shape index (κ2) is 8.03. The molecule has 1 atom stereocenters. The molecule has 0 bridgehead atoms. The molecule has 3 N–H and O–H groups in total. The molecule has 2 rings (SSSR count). The van der Waals surface area contributed by atoms with Gasteiger partial charge in [-0.25, -0.2) is 0 Å². The molecule has 0 aromatic heterocycles. The van der Waals surface area contributed by atoms with Gasteiger partial charge in [0.05, 0.1) is 11.3 Å². The second-order valence-electron chi connectivity index (χ2n) is 7.00. The van der Waals surface area contributed by atoms with E-state index < -0.39 is 0 Å². The number of hydrogen-bond donors (Lipinski definition) is 2. The van der Waals surface area contributed by atoms with Crippen LogP contribution in [0.4, 0.5) is 0 Å². The zero-order valence-electron chi connectivity index (χ0n) is 14.7. The van der Waals surface area contributed by atoms with Crippen molar-refractivity contribution in [1.82, 2.24) is 10.2 Å². The molecule has 0 saturated carbocycles. The highest BCUT2D eigenvalue weighted by atomic mass is 32.2. The molecule has 0 radical (unpaired) electrons. The summed E-state index contributed by atoms with van der Waals surface area (Å²) in [6, 6.07) is 7.62. The fourth-order valence-electron chi connectivity index (χ4n) is 2.81. The first kappa shape index (κ1) is 18.8. The van der Waals surface area contributed by atoms with Crippen LogP contribution < -0.4 is 11.1 Å². The van der Waals surface area contributed by atoms with Crippen molar-refractivity contribution in [2.75, 3.05) is 25.4 Å². The SMILES string of the molecule is CC(C)NC(=O)CSc1ccccc1C(=O)N1CCC(C)(CN)C1. The third-order valence-corrected chi connectivity index (χ3v) is 5.34. The maximum absolute atomic E-state index is 12.9. The van der Waals surface area contributed by atoms with Crippen molar-refractivity contribution < 1.29 is 9.59 Å². The summed E-state index contributed by atoms with van der Waals surface area (Å²) in [7, 11) is 0. The lowest BCUT2D eigenvalue weighted by atomic mass is 9.90. The van der Waals surface area contributed by atoms with Crippen LogP contribution in [0.25, 0.3) is 0 Å². The normalized spacial score (nSPS) is 20.5. The Labute approximate surface area is 148 Å². The molecule has 1 aromatic carbocycles. The lowest BCUT2D eigenvalue weighted by Gasteiger charge is -2.23. The van der Waals surface area contributed by atoms with E-state index in [4.69, 9.17) is 5.73 Å². The number of carbonyl (C=O) groups is 2. The number of nitrogens with two attached hydrogens (primary N) is 1. The van der Waals surface area contributed by atoms with Gasteiger partial charge in [0.2, 0.25) is 5.91 Å². The van der Waals surface area contributed by atoms with Gasteiger partial charge in [-0.1, -0.05) is 19.1 Å². The first-order chi connectivity index (χ1) is 11.3. The van der Waals surface area contributed by atoms with Crippen molar-refractivity contribution in [1.29, 1.82) is 0 Å². The van der Waals surface area contributed by atoms with Crippen LogP contribution in [0.1, 0.15) is 37.6 Å². The molecule has 0 spiro atoms. The molecule has 24 heavy (non-hydrogen) atoms. The summed E-state index contributed by atoms with van der Waals surface area (Å²) in [6.45, 7) is 8.00. The zero-order valence-corrected chi connectivity index (χ0v) is 15.5. The Balaban J connectivity index is 2.06. The Morgan fingerprint density at radius 1 is 1.38 bits per heavy atom. The molecular weight excluding hydrogens is 322 g/mol. The Kier molecular flexibility index (Phi) is 6.29. The molecule has 0 aliphatic carbocycles. The zero-order chi connectivity index (χ0) is 17.7. The summed E-state index contributed by atoms with van der Waals surface area (Å²) in [5, 5.41) is 2.87. The van der Waals surface area contributed by atoms with Crippen LogP contribution in [0.15, 0.2) is 29.2 Å². The number of nitrogens with one attached hydrogen (secondary N) is 1. The summed E-state index contributed by atoms with van der Waals surface area (Å²) in [5.41, 5.74) is 6.51. The topological polar surface area (TPSA) is 75.4 Å². The van der Waals surface area contributed by atoms with Gasteiger partial charge in [0.1, 0.15) is 0 Å². The number of thioether (sulfide) groups is 1. The lowest BCUT2D eigenvalue weighted by molar-refractivity contribution is -0.119. The van der Waals surface area contributed by atoms with Crippen molar-refractivity contribution in [2.45, 2.75) is 38.1 Å². The smallest absolute Gasteiger partial charge is 0.255 e. The van der Waals surface area contributed by atoms with Crippen molar-refractivity contribution in [3.05, 3.63) is 29.8 Å². The minimum Gasteiger partial charge on any atom is -0.353 e. The van der Waals surface area contributed by atoms with Gasteiger partial charge in [0, 0.05) is 24.0 Å². The highest BCUT2D eigenvalue weighted by molar-refractivity contribution is 8.00. The van der Waals surface area contributed by atoms with Crippen molar-refractivity contribution in [2.24, 2.45) is 11.1 Å². The van der Waals surface area contributed by atoms with Gasteiger partial charge in [-0.3, -0.25) is 9.59 Å². The van der Waals surface area contributed by atoms with Crippen molar-refractivity contribution in [3.63, 3.8) is 0 Å². The lowest BCUT2D eigenvalue weighted by Crippen LogP contribution is -2.34. The molecule has 1 aliphatic rings. The van der Waals surface area contributed by atoms with E-state index in [2.05, 4.69) is 12.2 Å². The first-order valence-electron chi connectivity index (χ1n) is 8.35. The summed E-state index contributed by atoms with van der Waals surface area (Å²) in [4.78, 5) is 27.4. The third-order valence-electron chi connectivity index (χ3n) is 4.26. The highest BCUT2D eigenvalue weighted by Gasteiger charge is 2.35. The number of nitrogens with zero attached hydrogens (tertiary/aromatic N) is 1. The Bertz CT molecular complexity index is 606. The van der Waals surface area contributed by atoms with Gasteiger partial charge < -0.3 is 16.0 Å².